The van der Waals surface area contributed by atoms with Crippen LogP contribution in [0.25, 0.3) is 0 Å². The Bertz CT molecular complexity index is 613. The summed E-state index contributed by atoms with van der Waals surface area (Å²) in [6.45, 7) is 6.28. The van der Waals surface area contributed by atoms with Gasteiger partial charge in [0.15, 0.2) is 0 Å². The summed E-state index contributed by atoms with van der Waals surface area (Å²) in [7, 11) is -2.28. The lowest BCUT2D eigenvalue weighted by molar-refractivity contribution is 0.0579. The summed E-state index contributed by atoms with van der Waals surface area (Å²) in [6.07, 6.45) is 0. The molecule has 118 valence electrons. The molecule has 0 saturated heterocycles. The highest BCUT2D eigenvalue weighted by Crippen LogP contribution is 2.18. The molecular weight excluding hydrogens is 292 g/mol. The van der Waals surface area contributed by atoms with E-state index in [9.17, 15) is 13.2 Å². The first-order chi connectivity index (χ1) is 9.72. The van der Waals surface area contributed by atoms with Crippen LogP contribution < -0.4 is 5.14 Å². The number of nitrogens with zero attached hydrogens (tertiary/aromatic N) is 1. The van der Waals surface area contributed by atoms with Gasteiger partial charge >= 0.3 is 0 Å². The minimum atomic E-state index is -3.85. The molecule has 21 heavy (non-hydrogen) atoms. The molecule has 1 aromatic carbocycles. The van der Waals surface area contributed by atoms with Gasteiger partial charge in [-0.25, -0.2) is 13.6 Å². The van der Waals surface area contributed by atoms with E-state index < -0.39 is 10.0 Å². The molecule has 0 aliphatic carbocycles. The lowest BCUT2D eigenvalue weighted by Gasteiger charge is -2.27. The number of likely N-dealkylation sites (N-methyl/N-ethyl adjacent to an activating group) is 1. The number of rotatable bonds is 6. The van der Waals surface area contributed by atoms with Gasteiger partial charge in [-0.2, -0.15) is 0 Å². The predicted octanol–water partition coefficient (Wildman–Crippen LogP) is 1.14. The molecule has 6 nitrogen and oxygen atoms in total. The third-order valence-corrected chi connectivity index (χ3v) is 4.34. The van der Waals surface area contributed by atoms with E-state index in [-0.39, 0.29) is 16.8 Å². The molecule has 0 fully saturated rings. The van der Waals surface area contributed by atoms with Crippen molar-refractivity contribution in [3.05, 3.63) is 29.3 Å². The highest BCUT2D eigenvalue weighted by molar-refractivity contribution is 7.89. The number of primary sulfonamides is 1. The molecule has 1 unspecified atom stereocenters. The first kappa shape index (κ1) is 17.6. The van der Waals surface area contributed by atoms with Crippen LogP contribution >= 0.6 is 0 Å². The van der Waals surface area contributed by atoms with E-state index >= 15 is 0 Å². The lowest BCUT2D eigenvalue weighted by atomic mass is 10.1. The maximum absolute atomic E-state index is 12.5. The molecule has 1 aromatic rings. The van der Waals surface area contributed by atoms with Crippen molar-refractivity contribution in [3.63, 3.8) is 0 Å². The molecule has 0 radical (unpaired) electrons. The summed E-state index contributed by atoms with van der Waals surface area (Å²) >= 11 is 0. The van der Waals surface area contributed by atoms with E-state index in [1.54, 1.807) is 31.1 Å². The minimum Gasteiger partial charge on any atom is -0.383 e. The second kappa shape index (κ2) is 7.02. The van der Waals surface area contributed by atoms with Crippen molar-refractivity contribution in [2.75, 3.05) is 20.3 Å². The van der Waals surface area contributed by atoms with Gasteiger partial charge in [-0.15, -0.1) is 0 Å². The first-order valence-electron chi connectivity index (χ1n) is 6.65. The second-order valence-corrected chi connectivity index (χ2v) is 6.45. The van der Waals surface area contributed by atoms with Crippen LogP contribution in [0.4, 0.5) is 0 Å². The normalized spacial score (nSPS) is 13.0. The third kappa shape index (κ3) is 4.26. The zero-order valence-corrected chi connectivity index (χ0v) is 13.6. The summed E-state index contributed by atoms with van der Waals surface area (Å²) in [5.41, 5.74) is 0.816. The molecular formula is C14H22N2O4S. The molecule has 0 bridgehead atoms. The predicted molar refractivity (Wildman–Crippen MR) is 80.6 cm³/mol. The first-order valence-corrected chi connectivity index (χ1v) is 8.20. The van der Waals surface area contributed by atoms with Gasteiger partial charge in [-0.1, -0.05) is 6.07 Å². The Kier molecular flexibility index (Phi) is 5.88. The maximum atomic E-state index is 12.5. The largest absolute Gasteiger partial charge is 0.383 e. The Morgan fingerprint density at radius 3 is 2.52 bits per heavy atom. The molecule has 2 N–H and O–H groups in total. The van der Waals surface area contributed by atoms with Crippen LogP contribution in [-0.4, -0.2) is 45.5 Å². The van der Waals surface area contributed by atoms with Crippen molar-refractivity contribution in [1.82, 2.24) is 4.90 Å². The van der Waals surface area contributed by atoms with Gasteiger partial charge in [0.1, 0.15) is 0 Å². The van der Waals surface area contributed by atoms with Crippen LogP contribution in [0.1, 0.15) is 29.8 Å². The zero-order chi connectivity index (χ0) is 16.2. The summed E-state index contributed by atoms with van der Waals surface area (Å²) < 4.78 is 28.1. The summed E-state index contributed by atoms with van der Waals surface area (Å²) in [5, 5.41) is 5.17. The number of ether oxygens (including phenoxy) is 1. The van der Waals surface area contributed by atoms with Gasteiger partial charge in [0.2, 0.25) is 10.0 Å². The number of benzene rings is 1. The standard InChI is InChI=1S/C14H22N2O4S/c1-5-16(11(3)9-20-4)14(17)12-7-6-10(2)13(8-12)21(15,18)19/h6-8,11H,5,9H2,1-4H3,(H2,15,18,19). The number of amides is 1. The number of nitrogens with two attached hydrogens (primary N) is 1. The number of methoxy groups -OCH3 is 1. The average Bonchev–Trinajstić information content (AvgIpc) is 2.38. The number of carbonyl (C=O) groups is 1. The van der Waals surface area contributed by atoms with Crippen molar-refractivity contribution >= 4 is 15.9 Å². The zero-order valence-electron chi connectivity index (χ0n) is 12.8. The molecule has 1 atom stereocenters. The molecule has 0 saturated carbocycles. The Balaban J connectivity index is 3.18. The Labute approximate surface area is 125 Å². The second-order valence-electron chi connectivity index (χ2n) is 4.92. The van der Waals surface area contributed by atoms with Crippen molar-refractivity contribution in [2.45, 2.75) is 31.7 Å². The van der Waals surface area contributed by atoms with E-state index in [0.717, 1.165) is 0 Å². The fourth-order valence-electron chi connectivity index (χ4n) is 2.19. The van der Waals surface area contributed by atoms with Crippen LogP contribution in [0.3, 0.4) is 0 Å². The number of carbonyl (C=O) groups excluding carboxylic acids is 1. The molecule has 0 aliphatic rings. The summed E-state index contributed by atoms with van der Waals surface area (Å²) in [5.74, 6) is -0.244. The van der Waals surface area contributed by atoms with E-state index in [4.69, 9.17) is 9.88 Å². The fourth-order valence-corrected chi connectivity index (χ4v) is 3.00. The fraction of sp³-hybridized carbons (Fsp3) is 0.500. The van der Waals surface area contributed by atoms with Gasteiger partial charge in [-0.05, 0) is 38.5 Å². The van der Waals surface area contributed by atoms with Gasteiger partial charge in [-0.3, -0.25) is 4.79 Å². The smallest absolute Gasteiger partial charge is 0.254 e. The van der Waals surface area contributed by atoms with Crippen LogP contribution in [-0.2, 0) is 14.8 Å². The third-order valence-electron chi connectivity index (χ3n) is 3.28. The van der Waals surface area contributed by atoms with Gasteiger partial charge in [0, 0.05) is 19.2 Å². The lowest BCUT2D eigenvalue weighted by Crippen LogP contribution is -2.41. The quantitative estimate of drug-likeness (QED) is 0.852. The summed E-state index contributed by atoms with van der Waals surface area (Å²) in [4.78, 5) is 14.1. The van der Waals surface area contributed by atoms with Crippen molar-refractivity contribution in [3.8, 4) is 0 Å². The monoisotopic (exact) mass is 314 g/mol. The van der Waals surface area contributed by atoms with Crippen LogP contribution in [0, 0.1) is 6.92 Å². The number of hydrogen-bond donors (Lipinski definition) is 1. The highest BCUT2D eigenvalue weighted by atomic mass is 32.2. The molecule has 7 heteroatoms. The Hall–Kier alpha value is -1.44. The topological polar surface area (TPSA) is 89.7 Å². The average molecular weight is 314 g/mol. The molecule has 0 aliphatic heterocycles. The molecule has 1 rings (SSSR count). The maximum Gasteiger partial charge on any atom is 0.254 e. The van der Waals surface area contributed by atoms with Crippen molar-refractivity contribution < 1.29 is 17.9 Å². The summed E-state index contributed by atoms with van der Waals surface area (Å²) in [6, 6.07) is 4.41. The molecule has 1 amide bonds. The minimum absolute atomic E-state index is 0.0243. The van der Waals surface area contributed by atoms with Crippen molar-refractivity contribution in [1.29, 1.82) is 0 Å². The molecule has 0 spiro atoms. The number of aryl methyl sites for hydroxylation is 1. The number of sulfonamides is 1. The van der Waals surface area contributed by atoms with Crippen molar-refractivity contribution in [2.24, 2.45) is 5.14 Å². The molecule has 0 aromatic heterocycles. The van der Waals surface area contributed by atoms with E-state index in [0.29, 0.717) is 24.3 Å². The number of hydrogen-bond acceptors (Lipinski definition) is 4. The van der Waals surface area contributed by atoms with Crippen LogP contribution in [0.2, 0.25) is 0 Å². The SMILES string of the molecule is CCN(C(=O)c1ccc(C)c(S(N)(=O)=O)c1)C(C)COC. The molecule has 0 heterocycles. The van der Waals surface area contributed by atoms with E-state index in [1.165, 1.54) is 6.07 Å². The van der Waals surface area contributed by atoms with Crippen LogP contribution in [0.5, 0.6) is 0 Å². The van der Waals surface area contributed by atoms with E-state index in [2.05, 4.69) is 0 Å². The Morgan fingerprint density at radius 1 is 1.43 bits per heavy atom. The Morgan fingerprint density at radius 2 is 2.05 bits per heavy atom. The highest BCUT2D eigenvalue weighted by Gasteiger charge is 2.22. The van der Waals surface area contributed by atoms with Gasteiger partial charge in [0.25, 0.3) is 5.91 Å². The van der Waals surface area contributed by atoms with E-state index in [1.807, 2.05) is 13.8 Å². The van der Waals surface area contributed by atoms with Crippen LogP contribution in [0.15, 0.2) is 23.1 Å². The van der Waals surface area contributed by atoms with Gasteiger partial charge in [0.05, 0.1) is 17.5 Å². The van der Waals surface area contributed by atoms with Gasteiger partial charge < -0.3 is 9.64 Å².